The number of oxazole rings is 1. The second-order valence-corrected chi connectivity index (χ2v) is 8.00. The third-order valence-electron chi connectivity index (χ3n) is 5.94. The van der Waals surface area contributed by atoms with E-state index in [4.69, 9.17) is 4.42 Å². The summed E-state index contributed by atoms with van der Waals surface area (Å²) in [6.07, 6.45) is 1.29. The summed E-state index contributed by atoms with van der Waals surface area (Å²) in [5.74, 6) is 0.493. The Labute approximate surface area is 179 Å². The van der Waals surface area contributed by atoms with E-state index in [1.807, 2.05) is 65.6 Å². The smallest absolute Gasteiger partial charge is 0.254 e. The van der Waals surface area contributed by atoms with E-state index in [0.717, 1.165) is 21.9 Å². The van der Waals surface area contributed by atoms with Crippen LogP contribution in [0.2, 0.25) is 0 Å². The number of nitrogens with zero attached hydrogens (tertiary/aromatic N) is 2. The Morgan fingerprint density at radius 1 is 1.03 bits per heavy atom. The number of amides is 2. The first-order chi connectivity index (χ1) is 15.1. The molecular weight excluding hydrogens is 390 g/mol. The quantitative estimate of drug-likeness (QED) is 0.524. The van der Waals surface area contributed by atoms with Crippen LogP contribution in [0.15, 0.2) is 65.1 Å². The maximum absolute atomic E-state index is 13.1. The van der Waals surface area contributed by atoms with Crippen molar-refractivity contribution in [3.8, 4) is 0 Å². The molecule has 4 aromatic rings. The molecule has 1 N–H and O–H groups in total. The molecule has 1 saturated heterocycles. The van der Waals surface area contributed by atoms with Gasteiger partial charge in [-0.15, -0.1) is 0 Å². The summed E-state index contributed by atoms with van der Waals surface area (Å²) in [6.45, 7) is 2.94. The lowest BCUT2D eigenvalue weighted by Crippen LogP contribution is -2.41. The molecule has 0 saturated carbocycles. The molecule has 1 aliphatic heterocycles. The molecule has 0 atom stereocenters. The Morgan fingerprint density at radius 3 is 2.65 bits per heavy atom. The molecule has 0 radical (unpaired) electrons. The maximum atomic E-state index is 13.1. The molecule has 2 amide bonds. The first kappa shape index (κ1) is 19.3. The van der Waals surface area contributed by atoms with E-state index in [1.165, 1.54) is 0 Å². The zero-order valence-corrected chi connectivity index (χ0v) is 17.3. The van der Waals surface area contributed by atoms with Gasteiger partial charge >= 0.3 is 0 Å². The summed E-state index contributed by atoms with van der Waals surface area (Å²) < 4.78 is 5.48. The fraction of sp³-hybridized carbons (Fsp3) is 0.240. The highest BCUT2D eigenvalue weighted by Gasteiger charge is 2.28. The molecule has 2 heterocycles. The molecule has 1 aliphatic rings. The number of hydrogen-bond donors (Lipinski definition) is 1. The van der Waals surface area contributed by atoms with E-state index >= 15 is 0 Å². The lowest BCUT2D eigenvalue weighted by atomic mass is 9.94. The number of benzene rings is 3. The van der Waals surface area contributed by atoms with Crippen LogP contribution in [0.4, 0.5) is 5.69 Å². The average molecular weight is 413 g/mol. The zero-order chi connectivity index (χ0) is 21.4. The number of rotatable bonds is 3. The Hall–Kier alpha value is -3.67. The first-order valence-corrected chi connectivity index (χ1v) is 10.5. The van der Waals surface area contributed by atoms with Gasteiger partial charge in [-0.1, -0.05) is 36.4 Å². The maximum Gasteiger partial charge on any atom is 0.254 e. The van der Waals surface area contributed by atoms with Crippen LogP contribution >= 0.6 is 0 Å². The average Bonchev–Trinajstić information content (AvgIpc) is 3.17. The van der Waals surface area contributed by atoms with E-state index < -0.39 is 0 Å². The molecule has 1 fully saturated rings. The molecule has 0 unspecified atom stereocenters. The molecule has 1 aromatic heterocycles. The van der Waals surface area contributed by atoms with Crippen LogP contribution in [0.3, 0.4) is 0 Å². The van der Waals surface area contributed by atoms with Gasteiger partial charge in [-0.2, -0.15) is 0 Å². The molecule has 6 heteroatoms. The number of carbonyl (C=O) groups excluding carboxylic acids is 2. The fourth-order valence-electron chi connectivity index (χ4n) is 4.29. The van der Waals surface area contributed by atoms with Crippen LogP contribution in [-0.2, 0) is 4.79 Å². The van der Waals surface area contributed by atoms with E-state index in [-0.39, 0.29) is 17.7 Å². The third-order valence-corrected chi connectivity index (χ3v) is 5.94. The number of hydrogen-bond acceptors (Lipinski definition) is 4. The summed E-state index contributed by atoms with van der Waals surface area (Å²) in [7, 11) is 0. The van der Waals surface area contributed by atoms with Gasteiger partial charge in [-0.05, 0) is 47.9 Å². The van der Waals surface area contributed by atoms with Gasteiger partial charge in [0.05, 0.1) is 0 Å². The van der Waals surface area contributed by atoms with Crippen LogP contribution in [0.5, 0.6) is 0 Å². The van der Waals surface area contributed by atoms with Gasteiger partial charge in [-0.25, -0.2) is 4.98 Å². The number of likely N-dealkylation sites (tertiary alicyclic amines) is 1. The van der Waals surface area contributed by atoms with E-state index in [0.29, 0.717) is 43.1 Å². The van der Waals surface area contributed by atoms with Crippen molar-refractivity contribution in [1.82, 2.24) is 9.88 Å². The van der Waals surface area contributed by atoms with Crippen LogP contribution in [0.25, 0.3) is 21.9 Å². The van der Waals surface area contributed by atoms with Crippen molar-refractivity contribution in [2.75, 3.05) is 18.4 Å². The van der Waals surface area contributed by atoms with Gasteiger partial charge in [0.2, 0.25) is 5.91 Å². The molecule has 0 bridgehead atoms. The van der Waals surface area contributed by atoms with Crippen molar-refractivity contribution in [2.45, 2.75) is 19.8 Å². The number of piperidine rings is 1. The highest BCUT2D eigenvalue weighted by atomic mass is 16.3. The summed E-state index contributed by atoms with van der Waals surface area (Å²) >= 11 is 0. The molecular formula is C25H23N3O3. The standard InChI is InChI=1S/C25H23N3O3/c1-16-26-22-15-19(9-10-23(22)31-16)27-24(29)18-11-13-28(14-12-18)25(30)21-8-4-6-17-5-2-3-7-20(17)21/h2-10,15,18H,11-14H2,1H3,(H,27,29). The van der Waals surface area contributed by atoms with Gasteiger partial charge in [0, 0.05) is 37.2 Å². The minimum Gasteiger partial charge on any atom is -0.441 e. The third kappa shape index (κ3) is 3.77. The van der Waals surface area contributed by atoms with Gasteiger partial charge in [0.1, 0.15) is 5.52 Å². The summed E-state index contributed by atoms with van der Waals surface area (Å²) in [6, 6.07) is 19.2. The highest BCUT2D eigenvalue weighted by Crippen LogP contribution is 2.25. The van der Waals surface area contributed by atoms with Gasteiger partial charge in [0.15, 0.2) is 11.5 Å². The Balaban J connectivity index is 1.24. The van der Waals surface area contributed by atoms with Crippen LogP contribution in [-0.4, -0.2) is 34.8 Å². The molecule has 0 spiro atoms. The Kier molecular flexibility index (Phi) is 4.90. The van der Waals surface area contributed by atoms with Crippen molar-refractivity contribution < 1.29 is 14.0 Å². The minimum atomic E-state index is -0.119. The van der Waals surface area contributed by atoms with Gasteiger partial charge < -0.3 is 14.6 Å². The Morgan fingerprint density at radius 2 is 1.81 bits per heavy atom. The number of aryl methyl sites for hydroxylation is 1. The largest absolute Gasteiger partial charge is 0.441 e. The van der Waals surface area contributed by atoms with Crippen LogP contribution < -0.4 is 5.32 Å². The topological polar surface area (TPSA) is 75.4 Å². The molecule has 31 heavy (non-hydrogen) atoms. The number of aromatic nitrogens is 1. The Bertz CT molecular complexity index is 1280. The molecule has 6 nitrogen and oxygen atoms in total. The van der Waals surface area contributed by atoms with E-state index in [2.05, 4.69) is 10.3 Å². The van der Waals surface area contributed by atoms with E-state index in [9.17, 15) is 9.59 Å². The summed E-state index contributed by atoms with van der Waals surface area (Å²) in [4.78, 5) is 32.1. The zero-order valence-electron chi connectivity index (χ0n) is 17.3. The summed E-state index contributed by atoms with van der Waals surface area (Å²) in [5, 5.41) is 5.01. The second kappa shape index (κ2) is 7.87. The minimum absolute atomic E-state index is 0.0168. The highest BCUT2D eigenvalue weighted by molar-refractivity contribution is 6.07. The molecule has 0 aliphatic carbocycles. The van der Waals surface area contributed by atoms with Crippen molar-refractivity contribution in [3.05, 3.63) is 72.1 Å². The molecule has 156 valence electrons. The lowest BCUT2D eigenvalue weighted by molar-refractivity contribution is -0.121. The van der Waals surface area contributed by atoms with Crippen molar-refractivity contribution in [2.24, 2.45) is 5.92 Å². The predicted octanol–water partition coefficient (Wildman–Crippen LogP) is 4.78. The molecule has 5 rings (SSSR count). The van der Waals surface area contributed by atoms with Crippen molar-refractivity contribution in [1.29, 1.82) is 0 Å². The van der Waals surface area contributed by atoms with Gasteiger partial charge in [0.25, 0.3) is 5.91 Å². The SMILES string of the molecule is Cc1nc2cc(NC(=O)C3CCN(C(=O)c4cccc5ccccc45)CC3)ccc2o1. The van der Waals surface area contributed by atoms with E-state index in [1.54, 1.807) is 6.92 Å². The monoisotopic (exact) mass is 413 g/mol. The van der Waals surface area contributed by atoms with Crippen molar-refractivity contribution in [3.63, 3.8) is 0 Å². The van der Waals surface area contributed by atoms with Gasteiger partial charge in [-0.3, -0.25) is 9.59 Å². The second-order valence-electron chi connectivity index (χ2n) is 8.00. The normalized spacial score (nSPS) is 14.8. The lowest BCUT2D eigenvalue weighted by Gasteiger charge is -2.31. The number of nitrogens with one attached hydrogen (secondary N) is 1. The number of anilines is 1. The van der Waals surface area contributed by atoms with Crippen LogP contribution in [0, 0.1) is 12.8 Å². The summed E-state index contributed by atoms with van der Waals surface area (Å²) in [5.41, 5.74) is 2.86. The fourth-order valence-corrected chi connectivity index (χ4v) is 4.29. The molecule has 3 aromatic carbocycles. The number of carbonyl (C=O) groups is 2. The first-order valence-electron chi connectivity index (χ1n) is 10.5. The van der Waals surface area contributed by atoms with Crippen LogP contribution in [0.1, 0.15) is 29.1 Å². The van der Waals surface area contributed by atoms with Crippen molar-refractivity contribution >= 4 is 39.4 Å². The predicted molar refractivity (Wildman–Crippen MR) is 120 cm³/mol. The number of fused-ring (bicyclic) bond motifs is 2.